The first kappa shape index (κ1) is 20.3. The molecule has 0 radical (unpaired) electrons. The standard InChI is InChI=1S/C21H32N2O3/c1-23(2)19(16-8-6-5-7-9-16)15-22-21(24)13-11-17-10-12-18(25-3)14-20(17)26-4/h10-14,16,19H,5-9,15H2,1-4H3,(H,22,24)/b13-11+/t19-/m1/s1. The summed E-state index contributed by atoms with van der Waals surface area (Å²) in [6.07, 6.45) is 9.82. The van der Waals surface area contributed by atoms with Crippen molar-refractivity contribution in [2.24, 2.45) is 5.92 Å². The number of hydrogen-bond donors (Lipinski definition) is 1. The zero-order valence-corrected chi connectivity index (χ0v) is 16.5. The molecule has 1 aliphatic carbocycles. The number of hydrogen-bond acceptors (Lipinski definition) is 4. The molecule has 1 aliphatic rings. The Balaban J connectivity index is 1.93. The van der Waals surface area contributed by atoms with Crippen LogP contribution in [0.5, 0.6) is 11.5 Å². The SMILES string of the molecule is COc1ccc(/C=C/C(=O)NC[C@H](C2CCCCC2)N(C)C)c(OC)c1. The van der Waals surface area contributed by atoms with Gasteiger partial charge in [0.05, 0.1) is 14.2 Å². The molecule has 1 amide bonds. The van der Waals surface area contributed by atoms with E-state index >= 15 is 0 Å². The average Bonchev–Trinajstić information content (AvgIpc) is 2.66. The second-order valence-corrected chi connectivity index (χ2v) is 7.12. The Labute approximate surface area is 157 Å². The van der Waals surface area contributed by atoms with Crippen LogP contribution in [-0.4, -0.2) is 51.7 Å². The molecule has 0 unspecified atom stereocenters. The monoisotopic (exact) mass is 360 g/mol. The maximum atomic E-state index is 12.3. The minimum absolute atomic E-state index is 0.0782. The zero-order valence-electron chi connectivity index (χ0n) is 16.5. The van der Waals surface area contributed by atoms with Gasteiger partial charge in [-0.15, -0.1) is 0 Å². The van der Waals surface area contributed by atoms with Gasteiger partial charge in [-0.2, -0.15) is 0 Å². The molecule has 0 heterocycles. The van der Waals surface area contributed by atoms with Gasteiger partial charge in [0, 0.05) is 30.3 Å². The Bertz CT molecular complexity index is 607. The Hall–Kier alpha value is -2.01. The molecule has 0 aromatic heterocycles. The summed E-state index contributed by atoms with van der Waals surface area (Å²) in [6.45, 7) is 0.681. The molecule has 0 spiro atoms. The topological polar surface area (TPSA) is 50.8 Å². The number of nitrogens with one attached hydrogen (secondary N) is 1. The number of amides is 1. The third-order valence-corrected chi connectivity index (χ3v) is 5.20. The number of likely N-dealkylation sites (N-methyl/N-ethyl adjacent to an activating group) is 1. The number of carbonyl (C=O) groups excluding carboxylic acids is 1. The van der Waals surface area contributed by atoms with Gasteiger partial charge in [0.25, 0.3) is 0 Å². The van der Waals surface area contributed by atoms with Crippen molar-refractivity contribution in [3.8, 4) is 11.5 Å². The van der Waals surface area contributed by atoms with Crippen LogP contribution in [0.3, 0.4) is 0 Å². The first-order valence-corrected chi connectivity index (χ1v) is 9.39. The van der Waals surface area contributed by atoms with Crippen LogP contribution in [0, 0.1) is 5.92 Å². The number of nitrogens with zero attached hydrogens (tertiary/aromatic N) is 1. The molecular formula is C21H32N2O3. The Morgan fingerprint density at radius 1 is 1.23 bits per heavy atom. The molecule has 1 aromatic carbocycles. The van der Waals surface area contributed by atoms with E-state index in [9.17, 15) is 4.79 Å². The molecule has 144 valence electrons. The number of benzene rings is 1. The van der Waals surface area contributed by atoms with Crippen LogP contribution >= 0.6 is 0 Å². The second-order valence-electron chi connectivity index (χ2n) is 7.12. The number of methoxy groups -OCH3 is 2. The van der Waals surface area contributed by atoms with Crippen molar-refractivity contribution in [3.63, 3.8) is 0 Å². The molecule has 26 heavy (non-hydrogen) atoms. The lowest BCUT2D eigenvalue weighted by molar-refractivity contribution is -0.116. The maximum absolute atomic E-state index is 12.3. The van der Waals surface area contributed by atoms with Gasteiger partial charge in [-0.1, -0.05) is 19.3 Å². The van der Waals surface area contributed by atoms with E-state index in [-0.39, 0.29) is 5.91 Å². The second kappa shape index (κ2) is 10.2. The Morgan fingerprint density at radius 3 is 2.58 bits per heavy atom. The molecule has 2 rings (SSSR count). The summed E-state index contributed by atoms with van der Waals surface area (Å²) in [6, 6.07) is 5.93. The molecule has 1 atom stereocenters. The summed E-state index contributed by atoms with van der Waals surface area (Å²) in [7, 11) is 7.43. The maximum Gasteiger partial charge on any atom is 0.244 e. The molecular weight excluding hydrogens is 328 g/mol. The summed E-state index contributed by atoms with van der Waals surface area (Å²) in [5.41, 5.74) is 0.847. The predicted molar refractivity (Wildman–Crippen MR) is 106 cm³/mol. The summed E-state index contributed by atoms with van der Waals surface area (Å²) >= 11 is 0. The van der Waals surface area contributed by atoms with Gasteiger partial charge in [0.1, 0.15) is 11.5 Å². The highest BCUT2D eigenvalue weighted by molar-refractivity contribution is 5.92. The van der Waals surface area contributed by atoms with Crippen LogP contribution in [0.25, 0.3) is 6.08 Å². The zero-order chi connectivity index (χ0) is 18.9. The smallest absolute Gasteiger partial charge is 0.244 e. The fraction of sp³-hybridized carbons (Fsp3) is 0.571. The first-order valence-electron chi connectivity index (χ1n) is 9.39. The van der Waals surface area contributed by atoms with Gasteiger partial charge in [0.15, 0.2) is 0 Å². The molecule has 1 N–H and O–H groups in total. The van der Waals surface area contributed by atoms with Crippen molar-refractivity contribution in [3.05, 3.63) is 29.8 Å². The molecule has 5 heteroatoms. The van der Waals surface area contributed by atoms with E-state index in [2.05, 4.69) is 24.3 Å². The molecule has 0 aliphatic heterocycles. The Morgan fingerprint density at radius 2 is 1.96 bits per heavy atom. The number of ether oxygens (including phenoxy) is 2. The lowest BCUT2D eigenvalue weighted by atomic mass is 9.83. The van der Waals surface area contributed by atoms with Crippen molar-refractivity contribution in [2.45, 2.75) is 38.1 Å². The summed E-state index contributed by atoms with van der Waals surface area (Å²) < 4.78 is 10.6. The summed E-state index contributed by atoms with van der Waals surface area (Å²) in [4.78, 5) is 14.5. The number of rotatable bonds is 8. The highest BCUT2D eigenvalue weighted by atomic mass is 16.5. The van der Waals surface area contributed by atoms with Gasteiger partial charge in [-0.05, 0) is 51.1 Å². The predicted octanol–water partition coefficient (Wildman–Crippen LogP) is 3.34. The van der Waals surface area contributed by atoms with Crippen LogP contribution in [-0.2, 0) is 4.79 Å². The van der Waals surface area contributed by atoms with Crippen molar-refractivity contribution in [1.29, 1.82) is 0 Å². The fourth-order valence-corrected chi connectivity index (χ4v) is 3.68. The van der Waals surface area contributed by atoms with Crippen molar-refractivity contribution in [1.82, 2.24) is 10.2 Å². The van der Waals surface area contributed by atoms with E-state index in [1.807, 2.05) is 18.2 Å². The van der Waals surface area contributed by atoms with Gasteiger partial charge in [-0.25, -0.2) is 0 Å². The molecule has 1 aromatic rings. The largest absolute Gasteiger partial charge is 0.497 e. The fourth-order valence-electron chi connectivity index (χ4n) is 3.68. The number of carbonyl (C=O) groups is 1. The van der Waals surface area contributed by atoms with E-state index in [4.69, 9.17) is 9.47 Å². The van der Waals surface area contributed by atoms with Crippen LogP contribution in [0.2, 0.25) is 0 Å². The third kappa shape index (κ3) is 5.77. The van der Waals surface area contributed by atoms with Gasteiger partial charge in [0.2, 0.25) is 5.91 Å². The van der Waals surface area contributed by atoms with E-state index in [1.54, 1.807) is 26.4 Å². The highest BCUT2D eigenvalue weighted by Crippen LogP contribution is 2.28. The molecule has 5 nitrogen and oxygen atoms in total. The molecule has 1 saturated carbocycles. The van der Waals surface area contributed by atoms with Gasteiger partial charge in [-0.3, -0.25) is 4.79 Å². The summed E-state index contributed by atoms with van der Waals surface area (Å²) in [5, 5.41) is 3.06. The first-order chi connectivity index (χ1) is 12.5. The summed E-state index contributed by atoms with van der Waals surface area (Å²) in [5.74, 6) is 2.00. The van der Waals surface area contributed by atoms with Crippen molar-refractivity contribution < 1.29 is 14.3 Å². The van der Waals surface area contributed by atoms with E-state index in [0.717, 1.165) is 11.3 Å². The van der Waals surface area contributed by atoms with Crippen LogP contribution < -0.4 is 14.8 Å². The minimum Gasteiger partial charge on any atom is -0.497 e. The average molecular weight is 360 g/mol. The molecule has 1 fully saturated rings. The Kier molecular flexibility index (Phi) is 7.98. The quantitative estimate of drug-likeness (QED) is 0.723. The highest BCUT2D eigenvalue weighted by Gasteiger charge is 2.25. The minimum atomic E-state index is -0.0782. The molecule has 0 saturated heterocycles. The van der Waals surface area contributed by atoms with Gasteiger partial charge < -0.3 is 19.7 Å². The normalized spacial score (nSPS) is 16.7. The van der Waals surface area contributed by atoms with Crippen molar-refractivity contribution >= 4 is 12.0 Å². The van der Waals surface area contributed by atoms with Crippen LogP contribution in [0.15, 0.2) is 24.3 Å². The molecule has 0 bridgehead atoms. The van der Waals surface area contributed by atoms with E-state index in [0.29, 0.717) is 24.3 Å². The lowest BCUT2D eigenvalue weighted by Crippen LogP contribution is -2.45. The lowest BCUT2D eigenvalue weighted by Gasteiger charge is -2.34. The van der Waals surface area contributed by atoms with E-state index in [1.165, 1.54) is 32.1 Å². The van der Waals surface area contributed by atoms with Crippen molar-refractivity contribution in [2.75, 3.05) is 34.9 Å². The van der Waals surface area contributed by atoms with Crippen LogP contribution in [0.4, 0.5) is 0 Å². The van der Waals surface area contributed by atoms with Crippen LogP contribution in [0.1, 0.15) is 37.7 Å². The third-order valence-electron chi connectivity index (χ3n) is 5.20. The van der Waals surface area contributed by atoms with E-state index < -0.39 is 0 Å². The van der Waals surface area contributed by atoms with Gasteiger partial charge >= 0.3 is 0 Å².